The zero-order valence-electron chi connectivity index (χ0n) is 23.2. The third kappa shape index (κ3) is 3.78. The number of likely N-dealkylation sites (N-methyl/N-ethyl adjacent to an activating group) is 1. The Hall–Kier alpha value is -3.70. The molecule has 1 unspecified atom stereocenters. The summed E-state index contributed by atoms with van der Waals surface area (Å²) in [4.78, 5) is 2.37. The summed E-state index contributed by atoms with van der Waals surface area (Å²) < 4.78 is 16.6. The van der Waals surface area contributed by atoms with Crippen molar-refractivity contribution in [3.63, 3.8) is 0 Å². The minimum Gasteiger partial charge on any atom is -0.379 e. The molecule has 0 radical (unpaired) electrons. The number of benzene rings is 4. The summed E-state index contributed by atoms with van der Waals surface area (Å²) in [6, 6.07) is 34.3. The van der Waals surface area contributed by atoms with Crippen molar-refractivity contribution in [3.8, 4) is 0 Å². The van der Waals surface area contributed by atoms with E-state index in [1.165, 1.54) is 27.6 Å². The van der Waals surface area contributed by atoms with Crippen LogP contribution < -0.4 is 9.68 Å². The van der Waals surface area contributed by atoms with E-state index in [-0.39, 0.29) is 5.41 Å². The highest BCUT2D eigenvalue weighted by Gasteiger charge is 2.50. The van der Waals surface area contributed by atoms with E-state index in [4.69, 9.17) is 14.6 Å². The quantitative estimate of drug-likeness (QED) is 0.244. The van der Waals surface area contributed by atoms with Gasteiger partial charge in [0.15, 0.2) is 7.36 Å². The average Bonchev–Trinajstić information content (AvgIpc) is 3.46. The van der Waals surface area contributed by atoms with Gasteiger partial charge in [0.05, 0.1) is 36.1 Å². The molecular weight excluding hydrogens is 513 g/mol. The lowest BCUT2D eigenvalue weighted by Gasteiger charge is -2.43. The molecule has 0 aromatic heterocycles. The van der Waals surface area contributed by atoms with Gasteiger partial charge in [-0.15, -0.1) is 0 Å². The molecular formula is C33H34N5OP. The molecule has 1 saturated heterocycles. The third-order valence-electron chi connectivity index (χ3n) is 8.37. The van der Waals surface area contributed by atoms with Crippen LogP contribution in [0.4, 0.5) is 17.1 Å². The fourth-order valence-electron chi connectivity index (χ4n) is 6.52. The molecule has 4 aromatic carbocycles. The van der Waals surface area contributed by atoms with Crippen LogP contribution in [0.25, 0.3) is 10.8 Å². The van der Waals surface area contributed by atoms with Crippen LogP contribution in [0.5, 0.6) is 0 Å². The Morgan fingerprint density at radius 3 is 2.33 bits per heavy atom. The molecule has 0 bridgehead atoms. The molecule has 1 atom stereocenters. The Morgan fingerprint density at radius 2 is 1.52 bits per heavy atom. The number of fused-ring (bicyclic) bond motifs is 2. The highest BCUT2D eigenvalue weighted by atomic mass is 31.2. The van der Waals surface area contributed by atoms with Gasteiger partial charge < -0.3 is 9.64 Å². The Bertz CT molecular complexity index is 1700. The van der Waals surface area contributed by atoms with Crippen LogP contribution >= 0.6 is 7.36 Å². The van der Waals surface area contributed by atoms with Crippen molar-refractivity contribution >= 4 is 41.4 Å². The van der Waals surface area contributed by atoms with Crippen LogP contribution in [0.2, 0.25) is 0 Å². The Balaban J connectivity index is 1.59. The van der Waals surface area contributed by atoms with Crippen molar-refractivity contribution in [2.24, 2.45) is 9.85 Å². The number of allylic oxidation sites excluding steroid dienone is 2. The number of para-hydroxylation sites is 2. The molecule has 0 N–H and O–H groups in total. The lowest BCUT2D eigenvalue weighted by atomic mass is 9.84. The molecule has 202 valence electrons. The zero-order chi connectivity index (χ0) is 27.3. The molecule has 3 aliphatic heterocycles. The van der Waals surface area contributed by atoms with Gasteiger partial charge in [-0.2, -0.15) is 5.10 Å². The molecule has 6 nitrogen and oxygen atoms in total. The maximum absolute atomic E-state index is 5.89. The number of anilines is 2. The van der Waals surface area contributed by atoms with Gasteiger partial charge in [0.2, 0.25) is 0 Å². The topological polar surface area (TPSA) is 43.7 Å². The first-order valence-electron chi connectivity index (χ1n) is 13.9. The summed E-state index contributed by atoms with van der Waals surface area (Å²) in [5.41, 5.74) is 5.67. The van der Waals surface area contributed by atoms with Gasteiger partial charge in [-0.3, -0.25) is 0 Å². The summed E-state index contributed by atoms with van der Waals surface area (Å²) >= 11 is 0. The first kappa shape index (κ1) is 25.3. The average molecular weight is 548 g/mol. The second-order valence-corrected chi connectivity index (χ2v) is 13.8. The van der Waals surface area contributed by atoms with E-state index < -0.39 is 7.36 Å². The molecule has 4 aromatic rings. The molecule has 0 amide bonds. The Morgan fingerprint density at radius 1 is 0.825 bits per heavy atom. The molecule has 1 fully saturated rings. The van der Waals surface area contributed by atoms with Gasteiger partial charge in [0.25, 0.3) is 0 Å². The van der Waals surface area contributed by atoms with Crippen molar-refractivity contribution in [2.75, 3.05) is 43.0 Å². The van der Waals surface area contributed by atoms with E-state index >= 15 is 0 Å². The van der Waals surface area contributed by atoms with Crippen molar-refractivity contribution in [1.82, 2.24) is 4.67 Å². The first-order chi connectivity index (χ1) is 19.5. The Labute approximate surface area is 236 Å². The minimum absolute atomic E-state index is 0.217. The second kappa shape index (κ2) is 9.74. The van der Waals surface area contributed by atoms with E-state index in [2.05, 4.69) is 139 Å². The molecule has 7 rings (SSSR count). The number of morpholine rings is 1. The lowest BCUT2D eigenvalue weighted by Crippen LogP contribution is -2.38. The summed E-state index contributed by atoms with van der Waals surface area (Å²) in [6.07, 6.45) is 2.10. The van der Waals surface area contributed by atoms with Crippen molar-refractivity contribution in [3.05, 3.63) is 114 Å². The maximum atomic E-state index is 5.89. The molecule has 40 heavy (non-hydrogen) atoms. The van der Waals surface area contributed by atoms with Crippen LogP contribution in [0.15, 0.2) is 118 Å². The first-order valence-corrected chi connectivity index (χ1v) is 15.6. The number of hydrazone groups is 1. The predicted molar refractivity (Wildman–Crippen MR) is 168 cm³/mol. The number of nitrogens with zero attached hydrogens (tertiary/aromatic N) is 5. The zero-order valence-corrected chi connectivity index (χ0v) is 24.1. The second-order valence-electron chi connectivity index (χ2n) is 11.0. The predicted octanol–water partition coefficient (Wildman–Crippen LogP) is 7.98. The molecule has 3 aliphatic rings. The number of rotatable bonds is 3. The van der Waals surface area contributed by atoms with Gasteiger partial charge in [0, 0.05) is 42.3 Å². The summed E-state index contributed by atoms with van der Waals surface area (Å²) in [7, 11) is -0.463. The molecule has 7 heteroatoms. The van der Waals surface area contributed by atoms with Crippen LogP contribution in [-0.2, 0) is 10.2 Å². The molecule has 3 heterocycles. The van der Waals surface area contributed by atoms with Crippen molar-refractivity contribution in [1.29, 1.82) is 0 Å². The van der Waals surface area contributed by atoms with E-state index in [0.717, 1.165) is 29.9 Å². The van der Waals surface area contributed by atoms with Gasteiger partial charge in [-0.25, -0.2) is 14.2 Å². The van der Waals surface area contributed by atoms with Crippen LogP contribution in [0, 0.1) is 0 Å². The maximum Gasteiger partial charge on any atom is 0.180 e. The number of hydrogen-bond donors (Lipinski definition) is 0. The van der Waals surface area contributed by atoms with Gasteiger partial charge in [-0.05, 0) is 35.2 Å². The third-order valence-corrected chi connectivity index (χ3v) is 11.9. The smallest absolute Gasteiger partial charge is 0.180 e. The minimum atomic E-state index is -2.66. The number of ether oxygens (including phenoxy) is 1. The summed E-state index contributed by atoms with van der Waals surface area (Å²) in [5.74, 6) is 0. The fraction of sp³-hybridized carbons (Fsp3) is 0.242. The normalized spacial score (nSPS) is 24.1. The van der Waals surface area contributed by atoms with E-state index in [1.54, 1.807) is 0 Å². The van der Waals surface area contributed by atoms with Crippen molar-refractivity contribution in [2.45, 2.75) is 19.3 Å². The van der Waals surface area contributed by atoms with Crippen LogP contribution in [-0.4, -0.2) is 44.2 Å². The molecule has 0 aliphatic carbocycles. The SMILES string of the molecule is CN1/C(=C2/C=NN(c3ccccc3)P2(=Nc2cccc3ccccc23)N2CCOCC2)C(C)(C)c2ccccc21. The van der Waals surface area contributed by atoms with Gasteiger partial charge in [0.1, 0.15) is 0 Å². The monoisotopic (exact) mass is 547 g/mol. The fourth-order valence-corrected chi connectivity index (χ4v) is 10.4. The number of hydrogen-bond acceptors (Lipinski definition) is 4. The standard InChI is InChI=1S/C33H34N5OP/c1-33(2)28-17-9-10-19-30(28)36(3)32(33)31-24-34-38(26-14-5-4-6-15-26)40(31,37-20-22-39-23-21-37)35-29-18-11-13-25-12-7-8-16-27(25)29/h4-19,24H,20-23H2,1-3H3/b32-31-. The van der Waals surface area contributed by atoms with E-state index in [1.807, 2.05) is 0 Å². The van der Waals surface area contributed by atoms with Gasteiger partial charge in [-0.1, -0.05) is 86.6 Å². The lowest BCUT2D eigenvalue weighted by molar-refractivity contribution is 0.0743. The van der Waals surface area contributed by atoms with Crippen molar-refractivity contribution < 1.29 is 4.74 Å². The molecule has 0 saturated carbocycles. The van der Waals surface area contributed by atoms with E-state index in [9.17, 15) is 0 Å². The van der Waals surface area contributed by atoms with Gasteiger partial charge >= 0.3 is 0 Å². The highest BCUT2D eigenvalue weighted by molar-refractivity contribution is 7.71. The Kier molecular flexibility index (Phi) is 6.16. The summed E-state index contributed by atoms with van der Waals surface area (Å²) in [5, 5.41) is 8.75. The van der Waals surface area contributed by atoms with E-state index in [0.29, 0.717) is 13.2 Å². The highest BCUT2D eigenvalue weighted by Crippen LogP contribution is 2.71. The largest absolute Gasteiger partial charge is 0.379 e. The molecule has 0 spiro atoms. The van der Waals surface area contributed by atoms with Crippen LogP contribution in [0.3, 0.4) is 0 Å². The van der Waals surface area contributed by atoms with Crippen LogP contribution in [0.1, 0.15) is 19.4 Å². The summed E-state index contributed by atoms with van der Waals surface area (Å²) in [6.45, 7) is 7.62.